The van der Waals surface area contributed by atoms with Gasteiger partial charge >= 0.3 is 0 Å². The highest BCUT2D eigenvalue weighted by Gasteiger charge is 2.64. The van der Waals surface area contributed by atoms with E-state index in [1.54, 1.807) is 20.2 Å². The second kappa shape index (κ2) is 8.79. The Morgan fingerprint density at radius 1 is 1.23 bits per heavy atom. The van der Waals surface area contributed by atoms with Gasteiger partial charge in [-0.2, -0.15) is 0 Å². The highest BCUT2D eigenvalue weighted by Crippen LogP contribution is 2.56. The molecule has 3 aliphatic carbocycles. The highest BCUT2D eigenvalue weighted by molar-refractivity contribution is 6.24. The van der Waals surface area contributed by atoms with E-state index in [1.807, 2.05) is 7.05 Å². The van der Waals surface area contributed by atoms with Gasteiger partial charge in [0.05, 0.1) is 11.6 Å². The van der Waals surface area contributed by atoms with Gasteiger partial charge in [-0.15, -0.1) is 0 Å². The average molecular weight is 553 g/mol. The van der Waals surface area contributed by atoms with Crippen LogP contribution < -0.4 is 10.6 Å². The molecule has 214 valence electrons. The molecule has 11 heteroatoms. The number of nitrogens with two attached hydrogens (primary N) is 1. The Hall–Kier alpha value is -3.41. The van der Waals surface area contributed by atoms with E-state index < -0.39 is 58.0 Å². The summed E-state index contributed by atoms with van der Waals surface area (Å²) in [6.45, 7) is 4.78. The zero-order valence-electron chi connectivity index (χ0n) is 23.1. The van der Waals surface area contributed by atoms with E-state index in [0.717, 1.165) is 42.9 Å². The summed E-state index contributed by atoms with van der Waals surface area (Å²) in [7, 11) is 5.18. The number of likely N-dealkylation sites (N-methyl/N-ethyl adjacent to an activating group) is 1. The SMILES string of the molecule is CCN1CCC2CN(C)c3c(cc(O)c4c3C[C@@H]3C[C@@H]5[C@@H](N(C)C)C(=O)C(C(N)=O)=C(O)[C@@]5(O)C(=O)C3=C4O)C21. The summed E-state index contributed by atoms with van der Waals surface area (Å²) in [6.07, 6.45) is 1.42. The molecule has 11 nitrogen and oxygen atoms in total. The Labute approximate surface area is 232 Å². The van der Waals surface area contributed by atoms with Crippen LogP contribution in [0.1, 0.15) is 42.5 Å². The van der Waals surface area contributed by atoms with Crippen LogP contribution in [0.2, 0.25) is 0 Å². The van der Waals surface area contributed by atoms with Gasteiger partial charge in [-0.1, -0.05) is 6.92 Å². The van der Waals surface area contributed by atoms with Crippen LogP contribution in [0.3, 0.4) is 0 Å². The molecule has 5 aliphatic rings. The molecular formula is C29H36N4O7. The molecule has 40 heavy (non-hydrogen) atoms. The minimum absolute atomic E-state index is 0.0764. The van der Waals surface area contributed by atoms with Crippen molar-refractivity contribution in [1.29, 1.82) is 0 Å². The zero-order valence-corrected chi connectivity index (χ0v) is 23.1. The van der Waals surface area contributed by atoms with E-state index >= 15 is 0 Å². The second-order valence-electron chi connectivity index (χ2n) is 12.2. The topological polar surface area (TPSA) is 168 Å². The quantitative estimate of drug-likeness (QED) is 0.338. The number of primary amides is 1. The number of phenolic OH excluding ortho intramolecular Hbond substituents is 1. The lowest BCUT2D eigenvalue weighted by Crippen LogP contribution is -2.65. The molecule has 6 atom stereocenters. The molecule has 0 bridgehead atoms. The number of aliphatic hydroxyl groups excluding tert-OH is 2. The molecule has 0 aromatic heterocycles. The number of aliphatic hydroxyl groups is 3. The van der Waals surface area contributed by atoms with Gasteiger partial charge in [0.25, 0.3) is 5.91 Å². The maximum Gasteiger partial charge on any atom is 0.255 e. The predicted molar refractivity (Wildman–Crippen MR) is 146 cm³/mol. The molecule has 0 radical (unpaired) electrons. The second-order valence-corrected chi connectivity index (χ2v) is 12.2. The van der Waals surface area contributed by atoms with Crippen molar-refractivity contribution < 1.29 is 34.8 Å². The van der Waals surface area contributed by atoms with Gasteiger partial charge in [-0.3, -0.25) is 24.2 Å². The number of rotatable bonds is 3. The normalized spacial score (nSPS) is 33.5. The number of anilines is 1. The lowest BCUT2D eigenvalue weighted by atomic mass is 9.57. The smallest absolute Gasteiger partial charge is 0.255 e. The van der Waals surface area contributed by atoms with Crippen LogP contribution in [0.25, 0.3) is 5.76 Å². The molecule has 2 heterocycles. The Morgan fingerprint density at radius 2 is 1.93 bits per heavy atom. The lowest BCUT2D eigenvalue weighted by Gasteiger charge is -2.50. The van der Waals surface area contributed by atoms with E-state index in [9.17, 15) is 34.8 Å². The number of ketones is 2. The van der Waals surface area contributed by atoms with Crippen molar-refractivity contribution in [3.63, 3.8) is 0 Å². The molecular weight excluding hydrogens is 516 g/mol. The summed E-state index contributed by atoms with van der Waals surface area (Å²) in [5.74, 6) is -5.96. The van der Waals surface area contributed by atoms with Crippen molar-refractivity contribution >= 4 is 28.9 Å². The maximum atomic E-state index is 14.0. The minimum atomic E-state index is -2.64. The number of likely N-dealkylation sites (tertiary alicyclic amines) is 1. The summed E-state index contributed by atoms with van der Waals surface area (Å²) in [4.78, 5) is 45.6. The van der Waals surface area contributed by atoms with Crippen LogP contribution >= 0.6 is 0 Å². The first-order valence-corrected chi connectivity index (χ1v) is 13.8. The van der Waals surface area contributed by atoms with Gasteiger partial charge in [-0.25, -0.2) is 0 Å². The van der Waals surface area contributed by atoms with E-state index in [4.69, 9.17) is 5.73 Å². The van der Waals surface area contributed by atoms with Crippen molar-refractivity contribution in [2.45, 2.75) is 43.9 Å². The number of hydrogen-bond acceptors (Lipinski definition) is 10. The molecule has 1 amide bonds. The highest BCUT2D eigenvalue weighted by atomic mass is 16.3. The third-order valence-corrected chi connectivity index (χ3v) is 9.96. The number of hydrogen-bond donors (Lipinski definition) is 5. The first-order valence-electron chi connectivity index (χ1n) is 13.8. The standard InChI is InChI=1S/C29H36N4O7/c1-5-33-7-6-12-11-32(4)22-14-8-13-9-16-23(31(2)3)25(36)20(28(30)39)27(38)29(16,40)26(37)18(13)24(35)19(14)17(34)10-15(22)21(12)33/h10,12-13,16,21,23,34-35,38,40H,5-9,11H2,1-4H3,(H2,30,39)/t12?,13-,16-,21?,23-,29+/m1/s1. The molecule has 1 saturated heterocycles. The zero-order chi connectivity index (χ0) is 29.0. The number of Topliss-reactive ketones (excluding diaryl/α,β-unsaturated/α-hetero) is 2. The van der Waals surface area contributed by atoms with Crippen LogP contribution in [0.15, 0.2) is 23.0 Å². The third-order valence-electron chi connectivity index (χ3n) is 9.96. The number of amides is 1. The summed E-state index contributed by atoms with van der Waals surface area (Å²) < 4.78 is 0. The van der Waals surface area contributed by atoms with Crippen LogP contribution in [0.5, 0.6) is 5.75 Å². The van der Waals surface area contributed by atoms with Crippen molar-refractivity contribution in [3.8, 4) is 5.75 Å². The fourth-order valence-electron chi connectivity index (χ4n) is 8.37. The van der Waals surface area contributed by atoms with Crippen LogP contribution in [0.4, 0.5) is 5.69 Å². The van der Waals surface area contributed by atoms with Gasteiger partial charge in [-0.05, 0) is 75.5 Å². The summed E-state index contributed by atoms with van der Waals surface area (Å²) in [5.41, 5.74) is 4.60. The Balaban J connectivity index is 1.55. The number of fused-ring (bicyclic) bond motifs is 7. The molecule has 2 fully saturated rings. The first kappa shape index (κ1) is 26.8. The van der Waals surface area contributed by atoms with Gasteiger partial charge in [0.1, 0.15) is 22.8 Å². The Kier molecular flexibility index (Phi) is 5.89. The van der Waals surface area contributed by atoms with Gasteiger partial charge in [0.2, 0.25) is 5.78 Å². The molecule has 1 aromatic carbocycles. The first-order chi connectivity index (χ1) is 18.8. The van der Waals surface area contributed by atoms with E-state index in [1.165, 1.54) is 4.90 Å². The Bertz CT molecular complexity index is 1430. The summed E-state index contributed by atoms with van der Waals surface area (Å²) >= 11 is 0. The summed E-state index contributed by atoms with van der Waals surface area (Å²) in [6, 6.07) is 0.721. The number of aromatic hydroxyl groups is 1. The number of benzene rings is 1. The number of carbonyl (C=O) groups excluding carboxylic acids is 3. The molecule has 6 N–H and O–H groups in total. The van der Waals surface area contributed by atoms with E-state index in [0.29, 0.717) is 12.3 Å². The van der Waals surface area contributed by atoms with E-state index in [2.05, 4.69) is 16.7 Å². The number of carbonyl (C=O) groups is 3. The number of phenols is 1. The van der Waals surface area contributed by atoms with Gasteiger partial charge in [0, 0.05) is 36.8 Å². The average Bonchev–Trinajstić information content (AvgIpc) is 3.28. The predicted octanol–water partition coefficient (Wildman–Crippen LogP) is 0.797. The maximum absolute atomic E-state index is 14.0. The molecule has 1 saturated carbocycles. The third kappa shape index (κ3) is 3.25. The minimum Gasteiger partial charge on any atom is -0.508 e. The molecule has 2 unspecified atom stereocenters. The largest absolute Gasteiger partial charge is 0.508 e. The van der Waals surface area contributed by atoms with Crippen LogP contribution in [0, 0.1) is 17.8 Å². The fourth-order valence-corrected chi connectivity index (χ4v) is 8.37. The van der Waals surface area contributed by atoms with E-state index in [-0.39, 0.29) is 29.3 Å². The summed E-state index contributed by atoms with van der Waals surface area (Å²) in [5, 5.41) is 45.6. The van der Waals surface area contributed by atoms with Gasteiger partial charge < -0.3 is 31.1 Å². The van der Waals surface area contributed by atoms with Crippen LogP contribution in [-0.4, -0.2) is 100 Å². The molecule has 0 spiro atoms. The molecule has 2 aliphatic heterocycles. The van der Waals surface area contributed by atoms with Crippen LogP contribution in [-0.2, 0) is 20.8 Å². The number of nitrogens with zero attached hydrogens (tertiary/aromatic N) is 3. The van der Waals surface area contributed by atoms with Gasteiger partial charge in [0.15, 0.2) is 11.4 Å². The Morgan fingerprint density at radius 3 is 2.55 bits per heavy atom. The molecule has 6 rings (SSSR count). The van der Waals surface area contributed by atoms with Crippen molar-refractivity contribution in [2.75, 3.05) is 45.7 Å². The lowest BCUT2D eigenvalue weighted by molar-refractivity contribution is -0.153. The monoisotopic (exact) mass is 552 g/mol. The molecule has 1 aromatic rings. The fraction of sp³-hybridized carbons (Fsp3) is 0.552. The van der Waals surface area contributed by atoms with Crippen molar-refractivity contribution in [2.24, 2.45) is 23.5 Å². The van der Waals surface area contributed by atoms with Crippen molar-refractivity contribution in [3.05, 3.63) is 39.7 Å². The van der Waals surface area contributed by atoms with Crippen molar-refractivity contribution in [1.82, 2.24) is 9.80 Å².